The van der Waals surface area contributed by atoms with Crippen molar-refractivity contribution in [1.82, 2.24) is 4.90 Å². The highest BCUT2D eigenvalue weighted by Crippen LogP contribution is 2.36. The Morgan fingerprint density at radius 3 is 2.24 bits per heavy atom. The van der Waals surface area contributed by atoms with Gasteiger partial charge in [-0.3, -0.25) is 9.69 Å². The molecule has 0 saturated carbocycles. The highest BCUT2D eigenvalue weighted by atomic mass is 32.1. The predicted molar refractivity (Wildman–Crippen MR) is 120 cm³/mol. The third kappa shape index (κ3) is 6.98. The van der Waals surface area contributed by atoms with Crippen molar-refractivity contribution in [2.45, 2.75) is 34.6 Å². The second kappa shape index (κ2) is 11.1. The summed E-state index contributed by atoms with van der Waals surface area (Å²) < 4.78 is 5.26. The molecule has 1 heterocycles. The fraction of sp³-hybridized carbons (Fsp3) is 0.478. The molecule has 1 amide bonds. The van der Waals surface area contributed by atoms with Crippen LogP contribution in [0.3, 0.4) is 0 Å². The molecule has 2 aromatic rings. The zero-order valence-electron chi connectivity index (χ0n) is 18.0. The first-order chi connectivity index (χ1) is 13.8. The standard InChI is InChI=1S/C23H32N2O3S/c1-6-28-23(27)21-19(18-10-8-7-9-11-18)15-29-22(21)24-20(26)14-25(12-16(2)3)13-17(4)5/h7-11,15-17H,6,12-14H2,1-5H3,(H,24,26). The highest BCUT2D eigenvalue weighted by molar-refractivity contribution is 7.15. The van der Waals surface area contributed by atoms with Crippen LogP contribution in [0.1, 0.15) is 45.0 Å². The number of benzene rings is 1. The average Bonchev–Trinajstić information content (AvgIpc) is 3.04. The maximum atomic E-state index is 12.8. The number of esters is 1. The van der Waals surface area contributed by atoms with Crippen LogP contribution in [-0.4, -0.2) is 43.0 Å². The zero-order valence-corrected chi connectivity index (χ0v) is 18.8. The van der Waals surface area contributed by atoms with Crippen LogP contribution >= 0.6 is 11.3 Å². The van der Waals surface area contributed by atoms with Crippen molar-refractivity contribution in [2.75, 3.05) is 31.6 Å². The normalized spacial score (nSPS) is 11.3. The van der Waals surface area contributed by atoms with Crippen molar-refractivity contribution in [2.24, 2.45) is 11.8 Å². The zero-order chi connectivity index (χ0) is 21.4. The van der Waals surface area contributed by atoms with Gasteiger partial charge in [-0.15, -0.1) is 11.3 Å². The number of hydrogen-bond donors (Lipinski definition) is 1. The Morgan fingerprint density at radius 1 is 1.07 bits per heavy atom. The second-order valence-electron chi connectivity index (χ2n) is 7.97. The number of carbonyl (C=O) groups excluding carboxylic acids is 2. The van der Waals surface area contributed by atoms with E-state index in [1.165, 1.54) is 11.3 Å². The van der Waals surface area contributed by atoms with Gasteiger partial charge in [-0.1, -0.05) is 58.0 Å². The monoisotopic (exact) mass is 416 g/mol. The SMILES string of the molecule is CCOC(=O)c1c(-c2ccccc2)csc1NC(=O)CN(CC(C)C)CC(C)C. The summed E-state index contributed by atoms with van der Waals surface area (Å²) in [6.45, 7) is 12.7. The number of nitrogens with one attached hydrogen (secondary N) is 1. The molecule has 0 aliphatic heterocycles. The molecule has 0 saturated heterocycles. The molecule has 0 bridgehead atoms. The first kappa shape index (κ1) is 23.1. The molecule has 158 valence electrons. The molecule has 1 aromatic heterocycles. The third-order valence-corrected chi connectivity index (χ3v) is 5.12. The van der Waals surface area contributed by atoms with Gasteiger partial charge in [0.25, 0.3) is 0 Å². The number of nitrogens with zero attached hydrogens (tertiary/aromatic N) is 1. The van der Waals surface area contributed by atoms with Gasteiger partial charge in [-0.2, -0.15) is 0 Å². The van der Waals surface area contributed by atoms with Crippen molar-refractivity contribution >= 4 is 28.2 Å². The molecule has 0 spiro atoms. The lowest BCUT2D eigenvalue weighted by Crippen LogP contribution is -2.38. The number of hydrogen-bond acceptors (Lipinski definition) is 5. The summed E-state index contributed by atoms with van der Waals surface area (Å²) in [6, 6.07) is 9.68. The molecule has 29 heavy (non-hydrogen) atoms. The van der Waals surface area contributed by atoms with Crippen molar-refractivity contribution in [3.05, 3.63) is 41.3 Å². The predicted octanol–water partition coefficient (Wildman–Crippen LogP) is 5.14. The minimum atomic E-state index is -0.413. The van der Waals surface area contributed by atoms with E-state index >= 15 is 0 Å². The summed E-state index contributed by atoms with van der Waals surface area (Å²) in [6.07, 6.45) is 0. The maximum absolute atomic E-state index is 12.8. The van der Waals surface area contributed by atoms with E-state index in [9.17, 15) is 9.59 Å². The largest absolute Gasteiger partial charge is 0.462 e. The van der Waals surface area contributed by atoms with E-state index in [4.69, 9.17) is 4.74 Å². The van der Waals surface area contributed by atoms with Gasteiger partial charge in [0.05, 0.1) is 13.2 Å². The minimum Gasteiger partial charge on any atom is -0.462 e. The van der Waals surface area contributed by atoms with Crippen LogP contribution in [0.4, 0.5) is 5.00 Å². The summed E-state index contributed by atoms with van der Waals surface area (Å²) in [5.41, 5.74) is 2.13. The fourth-order valence-electron chi connectivity index (χ4n) is 3.29. The van der Waals surface area contributed by atoms with Gasteiger partial charge in [0, 0.05) is 24.0 Å². The van der Waals surface area contributed by atoms with Crippen LogP contribution < -0.4 is 5.32 Å². The minimum absolute atomic E-state index is 0.113. The molecular formula is C23H32N2O3S. The number of amides is 1. The van der Waals surface area contributed by atoms with E-state index in [1.54, 1.807) is 6.92 Å². The molecule has 0 atom stereocenters. The first-order valence-electron chi connectivity index (χ1n) is 10.2. The molecule has 1 N–H and O–H groups in total. The summed E-state index contributed by atoms with van der Waals surface area (Å²) in [5.74, 6) is 0.425. The van der Waals surface area contributed by atoms with Gasteiger partial charge in [-0.25, -0.2) is 4.79 Å². The van der Waals surface area contributed by atoms with Crippen LogP contribution in [0.25, 0.3) is 11.1 Å². The van der Waals surface area contributed by atoms with Crippen LogP contribution in [0.15, 0.2) is 35.7 Å². The molecule has 1 aromatic carbocycles. The van der Waals surface area contributed by atoms with Crippen molar-refractivity contribution in [1.29, 1.82) is 0 Å². The van der Waals surface area contributed by atoms with Crippen molar-refractivity contribution in [3.8, 4) is 11.1 Å². The Kier molecular flexibility index (Phi) is 8.86. The van der Waals surface area contributed by atoms with Crippen molar-refractivity contribution < 1.29 is 14.3 Å². The molecule has 0 radical (unpaired) electrons. The number of ether oxygens (including phenoxy) is 1. The summed E-state index contributed by atoms with van der Waals surface area (Å²) >= 11 is 1.36. The van der Waals surface area contributed by atoms with E-state index in [2.05, 4.69) is 37.9 Å². The summed E-state index contributed by atoms with van der Waals surface area (Å²) in [7, 11) is 0. The third-order valence-electron chi connectivity index (χ3n) is 4.22. The molecule has 0 aliphatic rings. The van der Waals surface area contributed by atoms with E-state index in [-0.39, 0.29) is 12.5 Å². The van der Waals surface area contributed by atoms with Gasteiger partial charge in [0.1, 0.15) is 10.6 Å². The quantitative estimate of drug-likeness (QED) is 0.545. The summed E-state index contributed by atoms with van der Waals surface area (Å²) in [4.78, 5) is 27.6. The first-order valence-corrected chi connectivity index (χ1v) is 11.1. The van der Waals surface area contributed by atoms with Crippen LogP contribution in [0.5, 0.6) is 0 Å². The number of thiophene rings is 1. The number of carbonyl (C=O) groups is 2. The van der Waals surface area contributed by atoms with E-state index in [1.807, 2.05) is 35.7 Å². The van der Waals surface area contributed by atoms with E-state index < -0.39 is 5.97 Å². The molecule has 0 fully saturated rings. The highest BCUT2D eigenvalue weighted by Gasteiger charge is 2.23. The Bertz CT molecular complexity index is 790. The van der Waals surface area contributed by atoms with Crippen LogP contribution in [0, 0.1) is 11.8 Å². The molecule has 0 unspecified atom stereocenters. The molecule has 6 heteroatoms. The van der Waals surface area contributed by atoms with Gasteiger partial charge >= 0.3 is 5.97 Å². The number of anilines is 1. The fourth-order valence-corrected chi connectivity index (χ4v) is 4.27. The number of rotatable bonds is 10. The lowest BCUT2D eigenvalue weighted by Gasteiger charge is -2.25. The topological polar surface area (TPSA) is 58.6 Å². The van der Waals surface area contributed by atoms with Gasteiger partial charge in [0.2, 0.25) is 5.91 Å². The van der Waals surface area contributed by atoms with Gasteiger partial charge in [0.15, 0.2) is 0 Å². The van der Waals surface area contributed by atoms with Crippen LogP contribution in [-0.2, 0) is 9.53 Å². The molecule has 0 aliphatic carbocycles. The van der Waals surface area contributed by atoms with Gasteiger partial charge in [-0.05, 0) is 24.3 Å². The Balaban J connectivity index is 2.23. The van der Waals surface area contributed by atoms with Crippen LogP contribution in [0.2, 0.25) is 0 Å². The maximum Gasteiger partial charge on any atom is 0.341 e. The summed E-state index contributed by atoms with van der Waals surface area (Å²) in [5, 5.41) is 5.40. The van der Waals surface area contributed by atoms with E-state index in [0.717, 1.165) is 24.2 Å². The smallest absolute Gasteiger partial charge is 0.341 e. The molecule has 5 nitrogen and oxygen atoms in total. The Hall–Kier alpha value is -2.18. The van der Waals surface area contributed by atoms with Gasteiger partial charge < -0.3 is 10.1 Å². The lowest BCUT2D eigenvalue weighted by atomic mass is 10.0. The Morgan fingerprint density at radius 2 is 1.69 bits per heavy atom. The second-order valence-corrected chi connectivity index (χ2v) is 8.85. The molecule has 2 rings (SSSR count). The Labute approximate surface area is 178 Å². The molecular weight excluding hydrogens is 384 g/mol. The lowest BCUT2D eigenvalue weighted by molar-refractivity contribution is -0.117. The van der Waals surface area contributed by atoms with Crippen molar-refractivity contribution in [3.63, 3.8) is 0 Å². The van der Waals surface area contributed by atoms with E-state index in [0.29, 0.717) is 28.9 Å². The average molecular weight is 417 g/mol.